The lowest BCUT2D eigenvalue weighted by Crippen LogP contribution is -2.28. The highest BCUT2D eigenvalue weighted by molar-refractivity contribution is 5.89. The van der Waals surface area contributed by atoms with Crippen LogP contribution in [0.1, 0.15) is 35.6 Å². The summed E-state index contributed by atoms with van der Waals surface area (Å²) in [5.74, 6) is -2.17. The predicted octanol–water partition coefficient (Wildman–Crippen LogP) is 2.07. The van der Waals surface area contributed by atoms with E-state index in [2.05, 4.69) is 10.3 Å². The fourth-order valence-corrected chi connectivity index (χ4v) is 1.36. The van der Waals surface area contributed by atoms with Gasteiger partial charge >= 0.3 is 12.1 Å². The zero-order valence-corrected chi connectivity index (χ0v) is 10.8. The highest BCUT2D eigenvalue weighted by Gasteiger charge is 2.33. The molecule has 2 N–H and O–H groups in total. The highest BCUT2D eigenvalue weighted by atomic mass is 19.4. The summed E-state index contributed by atoms with van der Waals surface area (Å²) in [6.07, 6.45) is -4.67. The Morgan fingerprint density at radius 1 is 1.35 bits per heavy atom. The van der Waals surface area contributed by atoms with E-state index in [4.69, 9.17) is 5.11 Å². The molecule has 0 unspecified atom stereocenters. The third-order valence-corrected chi connectivity index (χ3v) is 2.45. The molecule has 0 aliphatic carbocycles. The number of rotatable bonds is 4. The van der Waals surface area contributed by atoms with E-state index in [0.29, 0.717) is 6.07 Å². The van der Waals surface area contributed by atoms with Crippen molar-refractivity contribution < 1.29 is 27.9 Å². The van der Waals surface area contributed by atoms with Crippen LogP contribution in [0, 0.1) is 5.92 Å². The van der Waals surface area contributed by atoms with Gasteiger partial charge in [0.15, 0.2) is 0 Å². The van der Waals surface area contributed by atoms with Gasteiger partial charge in [0.1, 0.15) is 5.69 Å². The van der Waals surface area contributed by atoms with E-state index in [0.717, 1.165) is 6.07 Å². The average molecular weight is 290 g/mol. The van der Waals surface area contributed by atoms with Crippen LogP contribution in [0.5, 0.6) is 0 Å². The molecule has 0 radical (unpaired) electrons. The van der Waals surface area contributed by atoms with Crippen molar-refractivity contribution >= 4 is 11.9 Å². The molecular weight excluding hydrogens is 277 g/mol. The van der Waals surface area contributed by atoms with Crippen LogP contribution < -0.4 is 5.32 Å². The van der Waals surface area contributed by atoms with Crippen molar-refractivity contribution in [3.05, 3.63) is 29.1 Å². The molecule has 1 aromatic heterocycles. The number of hydrogen-bond acceptors (Lipinski definition) is 3. The van der Waals surface area contributed by atoms with Gasteiger partial charge in [-0.15, -0.1) is 0 Å². The predicted molar refractivity (Wildman–Crippen MR) is 62.9 cm³/mol. The Kier molecular flexibility index (Phi) is 4.69. The molecule has 8 heteroatoms. The van der Waals surface area contributed by atoms with E-state index in [1.807, 2.05) is 0 Å². The van der Waals surface area contributed by atoms with Crippen LogP contribution in [0.2, 0.25) is 0 Å². The summed E-state index contributed by atoms with van der Waals surface area (Å²) < 4.78 is 37.6. The molecular formula is C12H13F3N2O3. The minimum atomic E-state index is -4.67. The molecule has 1 aromatic rings. The molecule has 0 bridgehead atoms. The molecule has 5 nitrogen and oxygen atoms in total. The van der Waals surface area contributed by atoms with Gasteiger partial charge in [0.25, 0.3) is 0 Å². The fourth-order valence-electron chi connectivity index (χ4n) is 1.36. The van der Waals surface area contributed by atoms with Crippen molar-refractivity contribution in [1.29, 1.82) is 0 Å². The fraction of sp³-hybridized carbons (Fsp3) is 0.417. The average Bonchev–Trinajstić information content (AvgIpc) is 2.34. The summed E-state index contributed by atoms with van der Waals surface area (Å²) in [4.78, 5) is 25.6. The van der Waals surface area contributed by atoms with Crippen LogP contribution >= 0.6 is 0 Å². The first kappa shape index (κ1) is 15.9. The highest BCUT2D eigenvalue weighted by Crippen LogP contribution is 2.28. The molecule has 0 saturated carbocycles. The summed E-state index contributed by atoms with van der Waals surface area (Å²) in [6.45, 7) is 2.84. The van der Waals surface area contributed by atoms with E-state index >= 15 is 0 Å². The zero-order chi connectivity index (χ0) is 15.5. The minimum absolute atomic E-state index is 0.332. The third kappa shape index (κ3) is 3.94. The van der Waals surface area contributed by atoms with Crippen molar-refractivity contribution in [3.8, 4) is 0 Å². The van der Waals surface area contributed by atoms with Gasteiger partial charge in [0.05, 0.1) is 17.8 Å². The maximum absolute atomic E-state index is 12.5. The number of carboxylic acid groups (broad SMARTS) is 1. The van der Waals surface area contributed by atoms with Crippen LogP contribution in [0.15, 0.2) is 12.1 Å². The van der Waals surface area contributed by atoms with Gasteiger partial charge in [0.2, 0.25) is 5.91 Å². The van der Waals surface area contributed by atoms with Crippen molar-refractivity contribution in [2.75, 3.05) is 0 Å². The van der Waals surface area contributed by atoms with Crippen LogP contribution in [0.3, 0.4) is 0 Å². The van der Waals surface area contributed by atoms with Gasteiger partial charge in [-0.2, -0.15) is 13.2 Å². The van der Waals surface area contributed by atoms with Crippen LogP contribution in [0.4, 0.5) is 13.2 Å². The topological polar surface area (TPSA) is 79.3 Å². The molecule has 0 aliphatic rings. The number of carboxylic acids is 1. The number of carbonyl (C=O) groups is 2. The number of carbonyl (C=O) groups excluding carboxylic acids is 1. The molecule has 1 heterocycles. The maximum atomic E-state index is 12.5. The molecule has 0 saturated heterocycles. The molecule has 20 heavy (non-hydrogen) atoms. The Bertz CT molecular complexity index is 527. The summed E-state index contributed by atoms with van der Waals surface area (Å²) in [6, 6.07) is 1.42. The number of aromatic carboxylic acids is 1. The second-order valence-electron chi connectivity index (χ2n) is 4.37. The number of amides is 1. The monoisotopic (exact) mass is 290 g/mol. The van der Waals surface area contributed by atoms with Crippen molar-refractivity contribution in [2.45, 2.75) is 26.6 Å². The summed E-state index contributed by atoms with van der Waals surface area (Å²) in [7, 11) is 0. The largest absolute Gasteiger partial charge is 0.478 e. The van der Waals surface area contributed by atoms with Gasteiger partial charge in [-0.25, -0.2) is 9.78 Å². The van der Waals surface area contributed by atoms with E-state index in [9.17, 15) is 22.8 Å². The van der Waals surface area contributed by atoms with Crippen LogP contribution in [-0.2, 0) is 17.5 Å². The van der Waals surface area contributed by atoms with E-state index in [1.54, 1.807) is 13.8 Å². The maximum Gasteiger partial charge on any atom is 0.433 e. The second kappa shape index (κ2) is 5.89. The number of nitrogens with one attached hydrogen (secondary N) is 1. The van der Waals surface area contributed by atoms with Gasteiger partial charge in [-0.05, 0) is 12.1 Å². The number of alkyl halides is 3. The Labute approximate surface area is 112 Å². The van der Waals surface area contributed by atoms with Crippen molar-refractivity contribution in [3.63, 3.8) is 0 Å². The number of hydrogen-bond donors (Lipinski definition) is 2. The standard InChI is InChI=1S/C12H13F3N2O3/c1-6(2)10(18)16-5-8-7(11(19)20)3-4-9(17-8)12(13,14)15/h3-4,6H,5H2,1-2H3,(H,16,18)(H,19,20). The lowest BCUT2D eigenvalue weighted by molar-refractivity contribution is -0.141. The Balaban J connectivity index is 3.07. The molecule has 0 atom stereocenters. The van der Waals surface area contributed by atoms with Crippen molar-refractivity contribution in [2.24, 2.45) is 5.92 Å². The third-order valence-electron chi connectivity index (χ3n) is 2.45. The molecule has 0 spiro atoms. The minimum Gasteiger partial charge on any atom is -0.478 e. The number of pyridine rings is 1. The number of nitrogens with zero attached hydrogens (tertiary/aromatic N) is 1. The summed E-state index contributed by atoms with van der Waals surface area (Å²) in [5, 5.41) is 11.2. The first-order chi connectivity index (χ1) is 9.12. The van der Waals surface area contributed by atoms with Gasteiger partial charge in [0, 0.05) is 5.92 Å². The smallest absolute Gasteiger partial charge is 0.433 e. The van der Waals surface area contributed by atoms with Gasteiger partial charge < -0.3 is 10.4 Å². The molecule has 1 rings (SSSR count). The Hall–Kier alpha value is -2.12. The second-order valence-corrected chi connectivity index (χ2v) is 4.37. The van der Waals surface area contributed by atoms with E-state index in [1.165, 1.54) is 0 Å². The first-order valence-electron chi connectivity index (χ1n) is 5.71. The summed E-state index contributed by atoms with van der Waals surface area (Å²) >= 11 is 0. The SMILES string of the molecule is CC(C)C(=O)NCc1nc(C(F)(F)F)ccc1C(=O)O. The normalized spacial score (nSPS) is 11.5. The lowest BCUT2D eigenvalue weighted by atomic mass is 10.1. The summed E-state index contributed by atoms with van der Waals surface area (Å²) in [5.41, 5.74) is -1.90. The van der Waals surface area contributed by atoms with Crippen LogP contribution in [0.25, 0.3) is 0 Å². The number of halogens is 3. The van der Waals surface area contributed by atoms with Crippen molar-refractivity contribution in [1.82, 2.24) is 10.3 Å². The molecule has 0 fully saturated rings. The van der Waals surface area contributed by atoms with Crippen LogP contribution in [-0.4, -0.2) is 22.0 Å². The Morgan fingerprint density at radius 3 is 2.40 bits per heavy atom. The molecule has 1 amide bonds. The van der Waals surface area contributed by atoms with Gasteiger partial charge in [-0.1, -0.05) is 13.8 Å². The Morgan fingerprint density at radius 2 is 1.95 bits per heavy atom. The first-order valence-corrected chi connectivity index (χ1v) is 5.71. The van der Waals surface area contributed by atoms with Gasteiger partial charge in [-0.3, -0.25) is 4.79 Å². The van der Waals surface area contributed by atoms with E-state index in [-0.39, 0.29) is 23.7 Å². The van der Waals surface area contributed by atoms with E-state index < -0.39 is 23.7 Å². The zero-order valence-electron chi connectivity index (χ0n) is 10.8. The molecule has 110 valence electrons. The molecule has 0 aromatic carbocycles. The quantitative estimate of drug-likeness (QED) is 0.889. The number of aromatic nitrogens is 1. The lowest BCUT2D eigenvalue weighted by Gasteiger charge is -2.12. The molecule has 0 aliphatic heterocycles.